The smallest absolute Gasteiger partial charge is 0.244 e. The number of nitrogens with one attached hydrogen (secondary N) is 2. The number of carbonyl (C=O) groups is 1. The van der Waals surface area contributed by atoms with Gasteiger partial charge in [0.25, 0.3) is 0 Å². The van der Waals surface area contributed by atoms with Crippen LogP contribution < -0.4 is 10.1 Å². The van der Waals surface area contributed by atoms with Crippen LogP contribution in [-0.2, 0) is 11.2 Å². The highest BCUT2D eigenvalue weighted by Crippen LogP contribution is 2.23. The fourth-order valence-electron chi connectivity index (χ4n) is 3.11. The fraction of sp³-hybridized carbons (Fsp3) is 0.368. The number of H-pyrrole nitrogens is 1. The van der Waals surface area contributed by atoms with Crippen LogP contribution in [0.25, 0.3) is 10.9 Å². The van der Waals surface area contributed by atoms with Gasteiger partial charge in [-0.3, -0.25) is 9.48 Å². The molecule has 1 atom stereocenters. The fourth-order valence-corrected chi connectivity index (χ4v) is 3.11. The van der Waals surface area contributed by atoms with Gasteiger partial charge in [0.15, 0.2) is 0 Å². The number of hydrogen-bond acceptors (Lipinski definition) is 3. The third kappa shape index (κ3) is 3.52. The van der Waals surface area contributed by atoms with E-state index in [2.05, 4.69) is 15.4 Å². The van der Waals surface area contributed by atoms with E-state index in [0.717, 1.165) is 40.0 Å². The van der Waals surface area contributed by atoms with Gasteiger partial charge >= 0.3 is 0 Å². The third-order valence-electron chi connectivity index (χ3n) is 4.46. The molecule has 2 N–H and O–H groups in total. The Morgan fingerprint density at radius 3 is 2.84 bits per heavy atom. The minimum atomic E-state index is -0.322. The molecule has 25 heavy (non-hydrogen) atoms. The summed E-state index contributed by atoms with van der Waals surface area (Å²) in [6.45, 7) is 6.33. The number of aromatic amines is 1. The number of benzene rings is 1. The van der Waals surface area contributed by atoms with E-state index in [1.807, 2.05) is 51.2 Å². The van der Waals surface area contributed by atoms with Crippen molar-refractivity contribution in [1.82, 2.24) is 20.1 Å². The summed E-state index contributed by atoms with van der Waals surface area (Å²) < 4.78 is 7.05. The number of rotatable bonds is 6. The van der Waals surface area contributed by atoms with Crippen LogP contribution >= 0.6 is 0 Å². The molecule has 0 fully saturated rings. The number of amides is 1. The van der Waals surface area contributed by atoms with E-state index in [9.17, 15) is 4.79 Å². The van der Waals surface area contributed by atoms with E-state index in [4.69, 9.17) is 4.74 Å². The van der Waals surface area contributed by atoms with Crippen molar-refractivity contribution in [3.05, 3.63) is 47.4 Å². The van der Waals surface area contributed by atoms with Crippen molar-refractivity contribution in [3.8, 4) is 5.75 Å². The molecule has 0 aliphatic heterocycles. The van der Waals surface area contributed by atoms with Crippen molar-refractivity contribution in [2.45, 2.75) is 33.2 Å². The molecule has 0 unspecified atom stereocenters. The summed E-state index contributed by atoms with van der Waals surface area (Å²) in [6, 6.07) is 7.60. The second-order valence-corrected chi connectivity index (χ2v) is 6.31. The number of hydrogen-bond donors (Lipinski definition) is 2. The average molecular weight is 340 g/mol. The van der Waals surface area contributed by atoms with Gasteiger partial charge in [-0.25, -0.2) is 0 Å². The van der Waals surface area contributed by atoms with Crippen molar-refractivity contribution in [2.75, 3.05) is 13.7 Å². The van der Waals surface area contributed by atoms with Gasteiger partial charge in [-0.05, 0) is 57.0 Å². The number of nitrogens with zero attached hydrogens (tertiary/aromatic N) is 2. The quantitative estimate of drug-likeness (QED) is 0.725. The molecule has 1 aromatic carbocycles. The molecule has 2 heterocycles. The second-order valence-electron chi connectivity index (χ2n) is 6.31. The first kappa shape index (κ1) is 17.1. The van der Waals surface area contributed by atoms with Gasteiger partial charge < -0.3 is 15.0 Å². The minimum Gasteiger partial charge on any atom is -0.497 e. The van der Waals surface area contributed by atoms with Gasteiger partial charge in [0.2, 0.25) is 5.91 Å². The summed E-state index contributed by atoms with van der Waals surface area (Å²) in [5.41, 5.74) is 4.14. The van der Waals surface area contributed by atoms with Crippen molar-refractivity contribution < 1.29 is 9.53 Å². The zero-order valence-electron chi connectivity index (χ0n) is 15.1. The van der Waals surface area contributed by atoms with Gasteiger partial charge in [0.1, 0.15) is 11.8 Å². The number of carbonyl (C=O) groups excluding carboxylic acids is 1. The van der Waals surface area contributed by atoms with Crippen molar-refractivity contribution in [1.29, 1.82) is 0 Å². The molecule has 2 aromatic heterocycles. The highest BCUT2D eigenvalue weighted by molar-refractivity contribution is 5.85. The predicted octanol–water partition coefficient (Wildman–Crippen LogP) is 2.91. The molecule has 0 saturated heterocycles. The molecule has 3 rings (SSSR count). The van der Waals surface area contributed by atoms with E-state index >= 15 is 0 Å². The lowest BCUT2D eigenvalue weighted by molar-refractivity contribution is -0.124. The summed E-state index contributed by atoms with van der Waals surface area (Å²) >= 11 is 0. The molecule has 0 radical (unpaired) electrons. The summed E-state index contributed by atoms with van der Waals surface area (Å²) in [5, 5.41) is 8.52. The van der Waals surface area contributed by atoms with Crippen LogP contribution in [0, 0.1) is 13.8 Å². The third-order valence-corrected chi connectivity index (χ3v) is 4.46. The van der Waals surface area contributed by atoms with E-state index in [1.54, 1.807) is 11.8 Å². The molecule has 1 amide bonds. The van der Waals surface area contributed by atoms with E-state index in [0.29, 0.717) is 6.54 Å². The monoisotopic (exact) mass is 340 g/mol. The SMILES string of the molecule is COc1ccc2[nH]cc(CCNC(=O)[C@@H](C)n3nc(C)cc3C)c2c1. The van der Waals surface area contributed by atoms with Gasteiger partial charge in [0, 0.05) is 29.3 Å². The van der Waals surface area contributed by atoms with Crippen LogP contribution in [0.1, 0.15) is 29.9 Å². The molecule has 0 bridgehead atoms. The number of ether oxygens (including phenoxy) is 1. The number of aromatic nitrogens is 3. The Hall–Kier alpha value is -2.76. The Morgan fingerprint density at radius 1 is 1.36 bits per heavy atom. The molecule has 0 aliphatic rings. The summed E-state index contributed by atoms with van der Waals surface area (Å²) in [6.07, 6.45) is 2.74. The van der Waals surface area contributed by atoms with E-state index in [1.165, 1.54) is 0 Å². The molecule has 0 aliphatic carbocycles. The Bertz CT molecular complexity index is 894. The maximum absolute atomic E-state index is 12.4. The average Bonchev–Trinajstić information content (AvgIpc) is 3.16. The summed E-state index contributed by atoms with van der Waals surface area (Å²) in [5.74, 6) is 0.805. The molecule has 6 heteroatoms. The van der Waals surface area contributed by atoms with Crippen LogP contribution in [0.2, 0.25) is 0 Å². The maximum atomic E-state index is 12.4. The Morgan fingerprint density at radius 2 is 2.16 bits per heavy atom. The molecule has 6 nitrogen and oxygen atoms in total. The van der Waals surface area contributed by atoms with E-state index < -0.39 is 0 Å². The molecule has 132 valence electrons. The van der Waals surface area contributed by atoms with Gasteiger partial charge in [0.05, 0.1) is 12.8 Å². The Kier molecular flexibility index (Phi) is 4.79. The Balaban J connectivity index is 1.63. The first-order valence-electron chi connectivity index (χ1n) is 8.44. The summed E-state index contributed by atoms with van der Waals surface area (Å²) in [4.78, 5) is 15.7. The molecule has 3 aromatic rings. The van der Waals surface area contributed by atoms with Crippen LogP contribution in [-0.4, -0.2) is 34.3 Å². The Labute approximate surface area is 147 Å². The number of aryl methyl sites for hydroxylation is 2. The minimum absolute atomic E-state index is 0.0244. The molecule has 0 saturated carbocycles. The van der Waals surface area contributed by atoms with E-state index in [-0.39, 0.29) is 11.9 Å². The van der Waals surface area contributed by atoms with Gasteiger partial charge in [-0.15, -0.1) is 0 Å². The highest BCUT2D eigenvalue weighted by atomic mass is 16.5. The predicted molar refractivity (Wildman–Crippen MR) is 98.0 cm³/mol. The molecular formula is C19H24N4O2. The van der Waals surface area contributed by atoms with Gasteiger partial charge in [-0.1, -0.05) is 0 Å². The second kappa shape index (κ2) is 7.01. The van der Waals surface area contributed by atoms with Crippen molar-refractivity contribution >= 4 is 16.8 Å². The lowest BCUT2D eigenvalue weighted by atomic mass is 10.1. The van der Waals surface area contributed by atoms with Crippen molar-refractivity contribution in [3.63, 3.8) is 0 Å². The first-order chi connectivity index (χ1) is 12.0. The zero-order valence-corrected chi connectivity index (χ0v) is 15.1. The molecular weight excluding hydrogens is 316 g/mol. The van der Waals surface area contributed by atoms with Crippen LogP contribution in [0.5, 0.6) is 5.75 Å². The normalized spacial score (nSPS) is 12.3. The maximum Gasteiger partial charge on any atom is 0.244 e. The number of methoxy groups -OCH3 is 1. The van der Waals surface area contributed by atoms with Gasteiger partial charge in [-0.2, -0.15) is 5.10 Å². The first-order valence-corrected chi connectivity index (χ1v) is 8.44. The van der Waals surface area contributed by atoms with Crippen LogP contribution in [0.4, 0.5) is 0 Å². The lowest BCUT2D eigenvalue weighted by Crippen LogP contribution is -2.33. The highest BCUT2D eigenvalue weighted by Gasteiger charge is 2.17. The van der Waals surface area contributed by atoms with Crippen LogP contribution in [0.15, 0.2) is 30.5 Å². The topological polar surface area (TPSA) is 71.9 Å². The van der Waals surface area contributed by atoms with Crippen LogP contribution in [0.3, 0.4) is 0 Å². The zero-order chi connectivity index (χ0) is 18.0. The summed E-state index contributed by atoms with van der Waals surface area (Å²) in [7, 11) is 1.66. The lowest BCUT2D eigenvalue weighted by Gasteiger charge is -2.14. The largest absolute Gasteiger partial charge is 0.497 e. The van der Waals surface area contributed by atoms with Crippen molar-refractivity contribution in [2.24, 2.45) is 0 Å². The molecule has 0 spiro atoms. The number of fused-ring (bicyclic) bond motifs is 1. The standard InChI is InChI=1S/C19H24N4O2/c1-12-9-13(2)23(22-12)14(3)19(24)20-8-7-15-11-21-18-6-5-16(25-4)10-17(15)18/h5-6,9-11,14,21H,7-8H2,1-4H3,(H,20,24)/t14-/m1/s1.